The number of aliphatic hydroxyl groups is 1. The number of aliphatic hydroxyl groups excluding tert-OH is 1. The molecule has 0 fully saturated rings. The summed E-state index contributed by atoms with van der Waals surface area (Å²) in [5, 5.41) is 10.6. The van der Waals surface area contributed by atoms with Gasteiger partial charge in [0.25, 0.3) is 0 Å². The molecule has 0 heterocycles. The van der Waals surface area contributed by atoms with Crippen LogP contribution in [-0.4, -0.2) is 12.2 Å². The molecule has 0 amide bonds. The van der Waals surface area contributed by atoms with Gasteiger partial charge in [-0.2, -0.15) is 0 Å². The van der Waals surface area contributed by atoms with Gasteiger partial charge in [0.2, 0.25) is 0 Å². The average Bonchev–Trinajstić information content (AvgIpc) is 2.67. The summed E-state index contributed by atoms with van der Waals surface area (Å²) in [5.74, 6) is 1.50. The highest BCUT2D eigenvalue weighted by atomic mass is 16.5. The molecule has 0 aliphatic carbocycles. The molecule has 0 aliphatic rings. The van der Waals surface area contributed by atoms with Crippen molar-refractivity contribution < 1.29 is 14.6 Å². The second-order valence-corrected chi connectivity index (χ2v) is 5.49. The van der Waals surface area contributed by atoms with E-state index in [2.05, 4.69) is 0 Å². The predicted octanol–water partition coefficient (Wildman–Crippen LogP) is 4.36. The number of ether oxygens (including phenoxy) is 2. The normalized spacial score (nSPS) is 11.8. The minimum absolute atomic E-state index is 0.433. The minimum atomic E-state index is -0.710. The first-order valence-corrected chi connectivity index (χ1v) is 7.85. The Bertz CT molecular complexity index is 767. The van der Waals surface area contributed by atoms with Crippen LogP contribution in [0, 0.1) is 0 Å². The average molecular weight is 320 g/mol. The maximum absolute atomic E-state index is 10.6. The Morgan fingerprint density at radius 3 is 2.21 bits per heavy atom. The highest BCUT2D eigenvalue weighted by molar-refractivity contribution is 5.40. The number of methoxy groups -OCH3 is 1. The molecule has 0 aromatic heterocycles. The number of hydrogen-bond acceptors (Lipinski definition) is 3. The van der Waals surface area contributed by atoms with Gasteiger partial charge in [-0.3, -0.25) is 0 Å². The monoisotopic (exact) mass is 320 g/mol. The molecule has 3 nitrogen and oxygen atoms in total. The molecule has 0 saturated carbocycles. The Kier molecular flexibility index (Phi) is 5.14. The van der Waals surface area contributed by atoms with Gasteiger partial charge < -0.3 is 14.6 Å². The van der Waals surface area contributed by atoms with Gasteiger partial charge in [0.15, 0.2) is 0 Å². The quantitative estimate of drug-likeness (QED) is 0.733. The highest BCUT2D eigenvalue weighted by Crippen LogP contribution is 2.30. The van der Waals surface area contributed by atoms with Crippen LogP contribution in [0.2, 0.25) is 0 Å². The molecule has 0 saturated heterocycles. The van der Waals surface area contributed by atoms with E-state index in [0.717, 1.165) is 22.4 Å². The van der Waals surface area contributed by atoms with E-state index >= 15 is 0 Å². The third-order valence-electron chi connectivity index (χ3n) is 3.88. The van der Waals surface area contributed by atoms with Crippen molar-refractivity contribution in [2.45, 2.75) is 12.7 Å². The summed E-state index contributed by atoms with van der Waals surface area (Å²) in [6.45, 7) is 0.433. The zero-order valence-electron chi connectivity index (χ0n) is 13.6. The van der Waals surface area contributed by atoms with Gasteiger partial charge in [-0.25, -0.2) is 0 Å². The molecule has 122 valence electrons. The highest BCUT2D eigenvalue weighted by Gasteiger charge is 2.15. The summed E-state index contributed by atoms with van der Waals surface area (Å²) in [4.78, 5) is 0. The first-order chi connectivity index (χ1) is 11.8. The fraction of sp³-hybridized carbons (Fsp3) is 0.143. The number of hydrogen-bond donors (Lipinski definition) is 1. The number of rotatable bonds is 6. The van der Waals surface area contributed by atoms with E-state index in [0.29, 0.717) is 12.4 Å². The van der Waals surface area contributed by atoms with Crippen LogP contribution in [0.5, 0.6) is 11.5 Å². The fourth-order valence-corrected chi connectivity index (χ4v) is 2.54. The summed E-state index contributed by atoms with van der Waals surface area (Å²) in [6.07, 6.45) is -0.710. The van der Waals surface area contributed by atoms with Crippen molar-refractivity contribution in [2.24, 2.45) is 0 Å². The summed E-state index contributed by atoms with van der Waals surface area (Å²) >= 11 is 0. The van der Waals surface area contributed by atoms with Crippen molar-refractivity contribution in [3.8, 4) is 11.5 Å². The lowest BCUT2D eigenvalue weighted by Gasteiger charge is -2.16. The van der Waals surface area contributed by atoms with Crippen molar-refractivity contribution >= 4 is 0 Å². The Labute approximate surface area is 142 Å². The lowest BCUT2D eigenvalue weighted by molar-refractivity contribution is 0.209. The van der Waals surface area contributed by atoms with Crippen LogP contribution in [0.25, 0.3) is 0 Å². The molecular formula is C21H20O3. The molecule has 24 heavy (non-hydrogen) atoms. The van der Waals surface area contributed by atoms with E-state index in [1.165, 1.54) is 0 Å². The van der Waals surface area contributed by atoms with E-state index in [1.807, 2.05) is 78.9 Å². The van der Waals surface area contributed by atoms with E-state index in [-0.39, 0.29) is 0 Å². The SMILES string of the molecule is COc1ccc(COc2ccccc2C(O)c2ccccc2)cc1. The molecule has 3 rings (SSSR count). The van der Waals surface area contributed by atoms with Crippen LogP contribution in [0.15, 0.2) is 78.9 Å². The van der Waals surface area contributed by atoms with Gasteiger partial charge in [0, 0.05) is 5.56 Å². The summed E-state index contributed by atoms with van der Waals surface area (Å²) in [6, 6.07) is 24.9. The van der Waals surface area contributed by atoms with Gasteiger partial charge in [0.1, 0.15) is 24.2 Å². The first-order valence-electron chi connectivity index (χ1n) is 7.85. The van der Waals surface area contributed by atoms with Gasteiger partial charge in [-0.05, 0) is 29.3 Å². The molecule has 1 N–H and O–H groups in total. The maximum Gasteiger partial charge on any atom is 0.125 e. The number of benzene rings is 3. The van der Waals surface area contributed by atoms with Gasteiger partial charge in [-0.1, -0.05) is 60.7 Å². The molecule has 1 unspecified atom stereocenters. The second-order valence-electron chi connectivity index (χ2n) is 5.49. The van der Waals surface area contributed by atoms with Crippen LogP contribution < -0.4 is 9.47 Å². The second kappa shape index (κ2) is 7.66. The molecular weight excluding hydrogens is 300 g/mol. The fourth-order valence-electron chi connectivity index (χ4n) is 2.54. The molecule has 0 radical (unpaired) electrons. The zero-order chi connectivity index (χ0) is 16.8. The van der Waals surface area contributed by atoms with Crippen LogP contribution in [-0.2, 0) is 6.61 Å². The van der Waals surface area contributed by atoms with Gasteiger partial charge in [-0.15, -0.1) is 0 Å². The van der Waals surface area contributed by atoms with Crippen molar-refractivity contribution in [3.05, 3.63) is 95.6 Å². The molecule has 3 aromatic carbocycles. The number of para-hydroxylation sites is 1. The largest absolute Gasteiger partial charge is 0.497 e. The Balaban J connectivity index is 1.76. The van der Waals surface area contributed by atoms with Crippen LogP contribution in [0.3, 0.4) is 0 Å². The Morgan fingerprint density at radius 2 is 1.50 bits per heavy atom. The first kappa shape index (κ1) is 16.1. The third-order valence-corrected chi connectivity index (χ3v) is 3.88. The van der Waals surface area contributed by atoms with E-state index in [9.17, 15) is 5.11 Å². The third kappa shape index (κ3) is 3.76. The van der Waals surface area contributed by atoms with Crippen molar-refractivity contribution in [2.75, 3.05) is 7.11 Å². The lowest BCUT2D eigenvalue weighted by atomic mass is 10.0. The van der Waals surface area contributed by atoms with E-state index in [1.54, 1.807) is 7.11 Å². The molecule has 3 aromatic rings. The molecule has 0 aliphatic heterocycles. The molecule has 3 heteroatoms. The van der Waals surface area contributed by atoms with Gasteiger partial charge >= 0.3 is 0 Å². The topological polar surface area (TPSA) is 38.7 Å². The van der Waals surface area contributed by atoms with Crippen molar-refractivity contribution in [1.82, 2.24) is 0 Å². The zero-order valence-corrected chi connectivity index (χ0v) is 13.6. The Morgan fingerprint density at radius 1 is 0.833 bits per heavy atom. The molecule has 1 atom stereocenters. The summed E-state index contributed by atoms with van der Waals surface area (Å²) in [7, 11) is 1.65. The maximum atomic E-state index is 10.6. The van der Waals surface area contributed by atoms with E-state index in [4.69, 9.17) is 9.47 Å². The van der Waals surface area contributed by atoms with Crippen LogP contribution in [0.1, 0.15) is 22.8 Å². The van der Waals surface area contributed by atoms with Crippen LogP contribution in [0.4, 0.5) is 0 Å². The molecule has 0 spiro atoms. The molecule has 0 bridgehead atoms. The smallest absolute Gasteiger partial charge is 0.125 e. The van der Waals surface area contributed by atoms with Gasteiger partial charge in [0.05, 0.1) is 7.11 Å². The Hall–Kier alpha value is -2.78. The minimum Gasteiger partial charge on any atom is -0.497 e. The summed E-state index contributed by atoms with van der Waals surface area (Å²) < 4.78 is 11.1. The summed E-state index contributed by atoms with van der Waals surface area (Å²) in [5.41, 5.74) is 2.65. The van der Waals surface area contributed by atoms with Crippen molar-refractivity contribution in [1.29, 1.82) is 0 Å². The van der Waals surface area contributed by atoms with Crippen LogP contribution >= 0.6 is 0 Å². The predicted molar refractivity (Wildman–Crippen MR) is 94.3 cm³/mol. The van der Waals surface area contributed by atoms with E-state index < -0.39 is 6.10 Å². The van der Waals surface area contributed by atoms with Crippen molar-refractivity contribution in [3.63, 3.8) is 0 Å². The lowest BCUT2D eigenvalue weighted by Crippen LogP contribution is -2.04. The standard InChI is InChI=1S/C21H20O3/c1-23-18-13-11-16(12-14-18)15-24-20-10-6-5-9-19(20)21(22)17-7-3-2-4-8-17/h2-14,21-22H,15H2,1H3.